The predicted molar refractivity (Wildman–Crippen MR) is 85.6 cm³/mol. The standard InChI is InChI=1S/C17H23NO2.ClH/c1-2-16(19)20-17(14-6-4-3-5-7-14)10-12-18(13-11-17)15-8-9-15;/h3-7,15H,2,8-13H2,1H3;1H. The lowest BCUT2D eigenvalue weighted by Crippen LogP contribution is -2.45. The molecule has 1 aromatic rings. The van der Waals surface area contributed by atoms with E-state index in [0.29, 0.717) is 6.42 Å². The molecule has 0 radical (unpaired) electrons. The van der Waals surface area contributed by atoms with Crippen molar-refractivity contribution in [3.63, 3.8) is 0 Å². The third kappa shape index (κ3) is 3.58. The van der Waals surface area contributed by atoms with E-state index in [1.54, 1.807) is 0 Å². The maximum absolute atomic E-state index is 11.9. The summed E-state index contributed by atoms with van der Waals surface area (Å²) in [6.07, 6.45) is 4.96. The normalized spacial score (nSPS) is 21.4. The van der Waals surface area contributed by atoms with E-state index in [1.807, 2.05) is 25.1 Å². The minimum absolute atomic E-state index is 0. The summed E-state index contributed by atoms with van der Waals surface area (Å²) < 4.78 is 5.90. The molecule has 0 amide bonds. The van der Waals surface area contributed by atoms with Gasteiger partial charge in [-0.2, -0.15) is 0 Å². The first-order chi connectivity index (χ1) is 9.73. The van der Waals surface area contributed by atoms with Crippen LogP contribution in [0.25, 0.3) is 0 Å². The second kappa shape index (κ2) is 6.80. The Bertz CT molecular complexity index is 465. The minimum atomic E-state index is -0.403. The van der Waals surface area contributed by atoms with Gasteiger partial charge in [0.1, 0.15) is 5.60 Å². The number of ether oxygens (including phenoxy) is 1. The highest BCUT2D eigenvalue weighted by Crippen LogP contribution is 2.40. The van der Waals surface area contributed by atoms with Gasteiger partial charge >= 0.3 is 5.97 Å². The third-order valence-electron chi connectivity index (χ3n) is 4.57. The molecule has 116 valence electrons. The molecule has 1 saturated carbocycles. The van der Waals surface area contributed by atoms with Gasteiger partial charge in [0.2, 0.25) is 0 Å². The van der Waals surface area contributed by atoms with Gasteiger partial charge in [0.05, 0.1) is 0 Å². The Hall–Kier alpha value is -1.06. The number of hydrogen-bond donors (Lipinski definition) is 0. The Morgan fingerprint density at radius 3 is 2.38 bits per heavy atom. The summed E-state index contributed by atoms with van der Waals surface area (Å²) in [5, 5.41) is 0. The number of carbonyl (C=O) groups excluding carboxylic acids is 1. The van der Waals surface area contributed by atoms with Crippen LogP contribution in [0.2, 0.25) is 0 Å². The van der Waals surface area contributed by atoms with Crippen molar-refractivity contribution in [3.05, 3.63) is 35.9 Å². The number of carbonyl (C=O) groups is 1. The van der Waals surface area contributed by atoms with Gasteiger partial charge in [0, 0.05) is 38.4 Å². The summed E-state index contributed by atoms with van der Waals surface area (Å²) in [6, 6.07) is 11.1. The van der Waals surface area contributed by atoms with Gasteiger partial charge in [-0.05, 0) is 18.4 Å². The van der Waals surface area contributed by atoms with Crippen LogP contribution in [-0.2, 0) is 15.1 Å². The molecule has 21 heavy (non-hydrogen) atoms. The largest absolute Gasteiger partial charge is 0.454 e. The lowest BCUT2D eigenvalue weighted by atomic mass is 9.84. The molecule has 0 aromatic heterocycles. The molecule has 2 fully saturated rings. The van der Waals surface area contributed by atoms with E-state index in [4.69, 9.17) is 4.74 Å². The van der Waals surface area contributed by atoms with Gasteiger partial charge in [0.15, 0.2) is 0 Å². The first-order valence-corrected chi connectivity index (χ1v) is 7.75. The maximum Gasteiger partial charge on any atom is 0.306 e. The van der Waals surface area contributed by atoms with Crippen molar-refractivity contribution in [1.82, 2.24) is 4.90 Å². The zero-order valence-corrected chi connectivity index (χ0v) is 13.4. The van der Waals surface area contributed by atoms with Gasteiger partial charge in [-0.1, -0.05) is 37.3 Å². The average molecular weight is 310 g/mol. The van der Waals surface area contributed by atoms with Crippen LogP contribution in [-0.4, -0.2) is 30.0 Å². The molecule has 4 heteroatoms. The summed E-state index contributed by atoms with van der Waals surface area (Å²) in [7, 11) is 0. The van der Waals surface area contributed by atoms with Crippen LogP contribution in [0.5, 0.6) is 0 Å². The molecule has 1 aliphatic heterocycles. The Kier molecular flexibility index (Phi) is 5.28. The number of nitrogens with zero attached hydrogens (tertiary/aromatic N) is 1. The zero-order valence-electron chi connectivity index (χ0n) is 12.6. The van der Waals surface area contributed by atoms with E-state index in [9.17, 15) is 4.79 Å². The SMILES string of the molecule is CCC(=O)OC1(c2ccccc2)CCN(C2CC2)CC1.Cl. The fourth-order valence-electron chi connectivity index (χ4n) is 3.17. The summed E-state index contributed by atoms with van der Waals surface area (Å²) >= 11 is 0. The zero-order chi connectivity index (χ0) is 14.0. The van der Waals surface area contributed by atoms with Gasteiger partial charge in [0.25, 0.3) is 0 Å². The van der Waals surface area contributed by atoms with Crippen molar-refractivity contribution in [1.29, 1.82) is 0 Å². The highest BCUT2D eigenvalue weighted by molar-refractivity contribution is 5.85. The summed E-state index contributed by atoms with van der Waals surface area (Å²) in [4.78, 5) is 14.4. The molecule has 0 spiro atoms. The summed E-state index contributed by atoms with van der Waals surface area (Å²) in [6.45, 7) is 3.94. The Balaban J connectivity index is 0.00000161. The summed E-state index contributed by atoms with van der Waals surface area (Å²) in [5.74, 6) is -0.0891. The van der Waals surface area contributed by atoms with Crippen LogP contribution in [0.4, 0.5) is 0 Å². The van der Waals surface area contributed by atoms with E-state index < -0.39 is 5.60 Å². The number of benzene rings is 1. The minimum Gasteiger partial charge on any atom is -0.454 e. The molecule has 2 aliphatic rings. The van der Waals surface area contributed by atoms with E-state index in [0.717, 1.165) is 37.5 Å². The fourth-order valence-corrected chi connectivity index (χ4v) is 3.17. The molecule has 0 atom stereocenters. The third-order valence-corrected chi connectivity index (χ3v) is 4.57. The van der Waals surface area contributed by atoms with E-state index in [1.165, 1.54) is 12.8 Å². The van der Waals surface area contributed by atoms with Crippen molar-refractivity contribution in [3.8, 4) is 0 Å². The number of piperidine rings is 1. The molecule has 0 N–H and O–H groups in total. The van der Waals surface area contributed by atoms with Crippen molar-refractivity contribution >= 4 is 18.4 Å². The molecule has 1 heterocycles. The number of halogens is 1. The number of esters is 1. The topological polar surface area (TPSA) is 29.5 Å². The highest BCUT2D eigenvalue weighted by Gasteiger charge is 2.42. The summed E-state index contributed by atoms with van der Waals surface area (Å²) in [5.41, 5.74) is 0.747. The Morgan fingerprint density at radius 2 is 1.86 bits per heavy atom. The van der Waals surface area contributed by atoms with Gasteiger partial charge < -0.3 is 9.64 Å². The van der Waals surface area contributed by atoms with Crippen molar-refractivity contribution in [2.24, 2.45) is 0 Å². The average Bonchev–Trinajstić information content (AvgIpc) is 3.33. The second-order valence-electron chi connectivity index (χ2n) is 5.96. The monoisotopic (exact) mass is 309 g/mol. The fraction of sp³-hybridized carbons (Fsp3) is 0.588. The predicted octanol–water partition coefficient (Wildman–Crippen LogP) is 3.52. The quantitative estimate of drug-likeness (QED) is 0.797. The molecule has 1 aliphatic carbocycles. The Morgan fingerprint density at radius 1 is 1.24 bits per heavy atom. The molecular formula is C17H24ClNO2. The molecule has 1 aromatic carbocycles. The molecule has 3 nitrogen and oxygen atoms in total. The number of hydrogen-bond acceptors (Lipinski definition) is 3. The first-order valence-electron chi connectivity index (χ1n) is 7.75. The lowest BCUT2D eigenvalue weighted by molar-refractivity contribution is -0.166. The van der Waals surface area contributed by atoms with Gasteiger partial charge in [-0.15, -0.1) is 12.4 Å². The van der Waals surface area contributed by atoms with Crippen molar-refractivity contribution in [2.45, 2.75) is 50.7 Å². The first kappa shape index (κ1) is 16.3. The van der Waals surface area contributed by atoms with Crippen molar-refractivity contribution in [2.75, 3.05) is 13.1 Å². The Labute approximate surface area is 133 Å². The van der Waals surface area contributed by atoms with Crippen LogP contribution in [0.1, 0.15) is 44.6 Å². The van der Waals surface area contributed by atoms with Crippen molar-refractivity contribution < 1.29 is 9.53 Å². The maximum atomic E-state index is 11.9. The molecule has 1 saturated heterocycles. The highest BCUT2D eigenvalue weighted by atomic mass is 35.5. The van der Waals surface area contributed by atoms with E-state index in [-0.39, 0.29) is 18.4 Å². The van der Waals surface area contributed by atoms with Gasteiger partial charge in [-0.3, -0.25) is 4.79 Å². The lowest BCUT2D eigenvalue weighted by Gasteiger charge is -2.41. The van der Waals surface area contributed by atoms with Crippen LogP contribution in [0.3, 0.4) is 0 Å². The van der Waals surface area contributed by atoms with Gasteiger partial charge in [-0.25, -0.2) is 0 Å². The molecular weight excluding hydrogens is 286 g/mol. The number of rotatable bonds is 4. The molecule has 0 bridgehead atoms. The number of likely N-dealkylation sites (tertiary alicyclic amines) is 1. The van der Waals surface area contributed by atoms with Crippen LogP contribution in [0, 0.1) is 0 Å². The van der Waals surface area contributed by atoms with E-state index in [2.05, 4.69) is 17.0 Å². The molecule has 3 rings (SSSR count). The van der Waals surface area contributed by atoms with Crippen LogP contribution in [0.15, 0.2) is 30.3 Å². The van der Waals surface area contributed by atoms with Crippen LogP contribution >= 0.6 is 12.4 Å². The smallest absolute Gasteiger partial charge is 0.306 e. The van der Waals surface area contributed by atoms with Crippen LogP contribution < -0.4 is 0 Å². The molecule has 0 unspecified atom stereocenters. The van der Waals surface area contributed by atoms with E-state index >= 15 is 0 Å². The second-order valence-corrected chi connectivity index (χ2v) is 5.96.